The number of rotatable bonds is 6. The number of hydrogen-bond donors (Lipinski definition) is 0. The Morgan fingerprint density at radius 1 is 1.44 bits per heavy atom. The predicted molar refractivity (Wildman–Crippen MR) is 66.5 cm³/mol. The van der Waals surface area contributed by atoms with Crippen LogP contribution in [0.2, 0.25) is 0 Å². The summed E-state index contributed by atoms with van der Waals surface area (Å²) in [4.78, 5) is 9.80. The first-order valence-corrected chi connectivity index (χ1v) is 7.53. The van der Waals surface area contributed by atoms with Gasteiger partial charge in [-0.05, 0) is 18.6 Å². The fraction of sp³-hybridized carbons (Fsp3) is 0.400. The van der Waals surface area contributed by atoms with Crippen molar-refractivity contribution in [2.24, 2.45) is 0 Å². The SMILES string of the molecule is CCCCOc1ccc(S(=O)(=O)Cl)cc1[N+](=O)[O-]. The van der Waals surface area contributed by atoms with Gasteiger partial charge in [-0.3, -0.25) is 10.1 Å². The lowest BCUT2D eigenvalue weighted by Crippen LogP contribution is -2.01. The van der Waals surface area contributed by atoms with Gasteiger partial charge in [-0.25, -0.2) is 8.42 Å². The van der Waals surface area contributed by atoms with Crippen LogP contribution in [0.25, 0.3) is 0 Å². The zero-order valence-electron chi connectivity index (χ0n) is 9.63. The molecule has 0 saturated heterocycles. The molecule has 100 valence electrons. The summed E-state index contributed by atoms with van der Waals surface area (Å²) in [5.74, 6) is 0.0394. The van der Waals surface area contributed by atoms with E-state index < -0.39 is 19.7 Å². The van der Waals surface area contributed by atoms with Crippen molar-refractivity contribution < 1.29 is 18.1 Å². The summed E-state index contributed by atoms with van der Waals surface area (Å²) in [6.45, 7) is 2.30. The van der Waals surface area contributed by atoms with E-state index in [1.165, 1.54) is 12.1 Å². The van der Waals surface area contributed by atoms with Gasteiger partial charge in [0.2, 0.25) is 0 Å². The molecule has 8 heteroatoms. The summed E-state index contributed by atoms with van der Waals surface area (Å²) in [6, 6.07) is 3.31. The highest BCUT2D eigenvalue weighted by Crippen LogP contribution is 2.30. The van der Waals surface area contributed by atoms with Gasteiger partial charge >= 0.3 is 5.69 Å². The number of nitro groups is 1. The lowest BCUT2D eigenvalue weighted by atomic mass is 10.3. The molecule has 0 saturated carbocycles. The Morgan fingerprint density at radius 3 is 2.61 bits per heavy atom. The van der Waals surface area contributed by atoms with Gasteiger partial charge in [-0.1, -0.05) is 13.3 Å². The molecule has 1 rings (SSSR count). The van der Waals surface area contributed by atoms with Crippen molar-refractivity contribution in [2.45, 2.75) is 24.7 Å². The van der Waals surface area contributed by atoms with E-state index in [-0.39, 0.29) is 10.6 Å². The normalized spacial score (nSPS) is 11.2. The minimum Gasteiger partial charge on any atom is -0.487 e. The van der Waals surface area contributed by atoms with Crippen LogP contribution in [0, 0.1) is 10.1 Å². The average Bonchev–Trinajstić information content (AvgIpc) is 2.28. The second-order valence-corrected chi connectivity index (χ2v) is 6.09. The third-order valence-electron chi connectivity index (χ3n) is 2.16. The van der Waals surface area contributed by atoms with Gasteiger partial charge in [-0.2, -0.15) is 0 Å². The third-order valence-corrected chi connectivity index (χ3v) is 3.52. The van der Waals surface area contributed by atoms with Gasteiger partial charge in [-0.15, -0.1) is 0 Å². The zero-order chi connectivity index (χ0) is 13.8. The molecule has 1 aromatic carbocycles. The lowest BCUT2D eigenvalue weighted by Gasteiger charge is -2.06. The standard InChI is InChI=1S/C10H12ClNO5S/c1-2-3-6-17-10-5-4-8(18(11,15)16)7-9(10)12(13)14/h4-5,7H,2-3,6H2,1H3. The van der Waals surface area contributed by atoms with E-state index in [0.29, 0.717) is 6.61 Å². The van der Waals surface area contributed by atoms with Gasteiger partial charge < -0.3 is 4.74 Å². The molecule has 0 aliphatic carbocycles. The molecule has 0 atom stereocenters. The van der Waals surface area contributed by atoms with Crippen LogP contribution in [0.5, 0.6) is 5.75 Å². The maximum Gasteiger partial charge on any atom is 0.312 e. The van der Waals surface area contributed by atoms with Crippen LogP contribution in [-0.2, 0) is 9.05 Å². The first kappa shape index (κ1) is 14.7. The molecule has 0 aromatic heterocycles. The van der Waals surface area contributed by atoms with Crippen molar-refractivity contribution in [3.05, 3.63) is 28.3 Å². The number of hydrogen-bond acceptors (Lipinski definition) is 5. The van der Waals surface area contributed by atoms with E-state index >= 15 is 0 Å². The molecule has 0 bridgehead atoms. The highest BCUT2D eigenvalue weighted by atomic mass is 35.7. The second kappa shape index (κ2) is 6.01. The van der Waals surface area contributed by atoms with Crippen LogP contribution in [0.4, 0.5) is 5.69 Å². The number of unbranched alkanes of at least 4 members (excludes halogenated alkanes) is 1. The van der Waals surface area contributed by atoms with Crippen LogP contribution in [0.1, 0.15) is 19.8 Å². The second-order valence-electron chi connectivity index (χ2n) is 3.53. The number of nitrogens with zero attached hydrogens (tertiary/aromatic N) is 1. The molecule has 1 aromatic rings. The van der Waals surface area contributed by atoms with Gasteiger partial charge in [0, 0.05) is 16.7 Å². The van der Waals surface area contributed by atoms with Gasteiger partial charge in [0.1, 0.15) is 0 Å². The van der Waals surface area contributed by atoms with Crippen molar-refractivity contribution in [3.63, 3.8) is 0 Å². The fourth-order valence-electron chi connectivity index (χ4n) is 1.24. The summed E-state index contributed by atoms with van der Waals surface area (Å²) < 4.78 is 27.4. The van der Waals surface area contributed by atoms with Crippen LogP contribution < -0.4 is 4.74 Å². The van der Waals surface area contributed by atoms with E-state index in [0.717, 1.165) is 18.9 Å². The molecule has 0 amide bonds. The number of nitro benzene ring substituents is 1. The minimum atomic E-state index is -3.99. The van der Waals surface area contributed by atoms with E-state index in [2.05, 4.69) is 0 Å². The largest absolute Gasteiger partial charge is 0.487 e. The van der Waals surface area contributed by atoms with Gasteiger partial charge in [0.15, 0.2) is 5.75 Å². The quantitative estimate of drug-likeness (QED) is 0.348. The maximum absolute atomic E-state index is 11.1. The molecule has 0 unspecified atom stereocenters. The Labute approximate surface area is 109 Å². The molecule has 18 heavy (non-hydrogen) atoms. The highest BCUT2D eigenvalue weighted by molar-refractivity contribution is 8.13. The minimum absolute atomic E-state index is 0.0394. The molecule has 0 radical (unpaired) electrons. The number of ether oxygens (including phenoxy) is 1. The van der Waals surface area contributed by atoms with Crippen LogP contribution in [-0.4, -0.2) is 19.9 Å². The summed E-state index contributed by atoms with van der Waals surface area (Å²) in [6.07, 6.45) is 1.65. The molecule has 0 aliphatic rings. The van der Waals surface area contributed by atoms with Crippen molar-refractivity contribution in [2.75, 3.05) is 6.61 Å². The first-order valence-electron chi connectivity index (χ1n) is 5.22. The summed E-state index contributed by atoms with van der Waals surface area (Å²) in [5, 5.41) is 10.8. The molecule has 0 spiro atoms. The maximum atomic E-state index is 11.1. The Balaban J connectivity index is 3.09. The third kappa shape index (κ3) is 3.85. The smallest absolute Gasteiger partial charge is 0.312 e. The van der Waals surface area contributed by atoms with E-state index in [1.807, 2.05) is 6.92 Å². The summed E-state index contributed by atoms with van der Waals surface area (Å²) in [5.41, 5.74) is -0.409. The number of benzene rings is 1. The first-order chi connectivity index (χ1) is 8.36. The molecule has 6 nitrogen and oxygen atoms in total. The molecule has 0 N–H and O–H groups in total. The molecule has 0 aliphatic heterocycles. The van der Waals surface area contributed by atoms with E-state index in [1.54, 1.807) is 0 Å². The topological polar surface area (TPSA) is 86.5 Å². The summed E-state index contributed by atoms with van der Waals surface area (Å²) >= 11 is 0. The van der Waals surface area contributed by atoms with Crippen LogP contribution in [0.15, 0.2) is 23.1 Å². The predicted octanol–water partition coefficient (Wildman–Crippen LogP) is 2.70. The Hall–Kier alpha value is -1.34. The fourth-order valence-corrected chi connectivity index (χ4v) is 2.01. The van der Waals surface area contributed by atoms with Crippen molar-refractivity contribution in [3.8, 4) is 5.75 Å². The van der Waals surface area contributed by atoms with Gasteiger partial charge in [0.05, 0.1) is 16.4 Å². The van der Waals surface area contributed by atoms with Crippen molar-refractivity contribution in [1.29, 1.82) is 0 Å². The Morgan fingerprint density at radius 2 is 2.11 bits per heavy atom. The van der Waals surface area contributed by atoms with Crippen LogP contribution >= 0.6 is 10.7 Å². The number of halogens is 1. The van der Waals surface area contributed by atoms with Crippen molar-refractivity contribution >= 4 is 25.4 Å². The Kier molecular flexibility index (Phi) is 4.92. The average molecular weight is 294 g/mol. The van der Waals surface area contributed by atoms with E-state index in [9.17, 15) is 18.5 Å². The molecule has 0 heterocycles. The van der Waals surface area contributed by atoms with E-state index in [4.69, 9.17) is 15.4 Å². The zero-order valence-corrected chi connectivity index (χ0v) is 11.2. The lowest BCUT2D eigenvalue weighted by molar-refractivity contribution is -0.386. The summed E-state index contributed by atoms with van der Waals surface area (Å²) in [7, 11) is 1.13. The monoisotopic (exact) mass is 293 g/mol. The highest BCUT2D eigenvalue weighted by Gasteiger charge is 2.20. The molecule has 0 fully saturated rings. The van der Waals surface area contributed by atoms with Crippen molar-refractivity contribution in [1.82, 2.24) is 0 Å². The Bertz CT molecular complexity index is 543. The van der Waals surface area contributed by atoms with Crippen LogP contribution in [0.3, 0.4) is 0 Å². The van der Waals surface area contributed by atoms with Gasteiger partial charge in [0.25, 0.3) is 9.05 Å². The molecular formula is C10H12ClNO5S. The molecular weight excluding hydrogens is 282 g/mol.